The summed E-state index contributed by atoms with van der Waals surface area (Å²) in [7, 11) is 0. The Labute approximate surface area is 82.7 Å². The van der Waals surface area contributed by atoms with Gasteiger partial charge < -0.3 is 10.0 Å². The lowest BCUT2D eigenvalue weighted by molar-refractivity contribution is -0.186. The Kier molecular flexibility index (Phi) is 1.96. The van der Waals surface area contributed by atoms with Gasteiger partial charge in [0.1, 0.15) is 0 Å². The third-order valence-corrected chi connectivity index (χ3v) is 3.09. The molecule has 0 aromatic rings. The molecule has 0 radical (unpaired) electrons. The lowest BCUT2D eigenvalue weighted by Crippen LogP contribution is -2.48. The highest BCUT2D eigenvalue weighted by Crippen LogP contribution is 2.47. The molecule has 1 N–H and O–H groups in total. The molecule has 0 aromatic heterocycles. The van der Waals surface area contributed by atoms with Gasteiger partial charge in [-0.2, -0.15) is 13.2 Å². The van der Waals surface area contributed by atoms with Gasteiger partial charge in [0.25, 0.3) is 0 Å². The molecular weight excluding hydrogens is 215 g/mol. The van der Waals surface area contributed by atoms with Crippen molar-refractivity contribution < 1.29 is 27.9 Å². The van der Waals surface area contributed by atoms with Gasteiger partial charge in [-0.3, -0.25) is 9.59 Å². The Morgan fingerprint density at radius 1 is 1.33 bits per heavy atom. The van der Waals surface area contributed by atoms with Crippen LogP contribution in [0.15, 0.2) is 0 Å². The normalized spacial score (nSPS) is 33.8. The Morgan fingerprint density at radius 2 is 1.93 bits per heavy atom. The molecule has 2 saturated heterocycles. The number of aliphatic carboxylic acids is 1. The average Bonchev–Trinajstić information content (AvgIpc) is 2.55. The zero-order valence-corrected chi connectivity index (χ0v) is 7.49. The van der Waals surface area contributed by atoms with E-state index in [-0.39, 0.29) is 12.5 Å². The van der Waals surface area contributed by atoms with Gasteiger partial charge in [-0.15, -0.1) is 0 Å². The summed E-state index contributed by atoms with van der Waals surface area (Å²) in [5.41, 5.74) is 0. The molecule has 84 valence electrons. The molecule has 1 aliphatic carbocycles. The summed E-state index contributed by atoms with van der Waals surface area (Å²) >= 11 is 0. The Bertz CT molecular complexity index is 328. The number of hydrogen-bond acceptors (Lipinski definition) is 2. The first kappa shape index (κ1) is 10.3. The second-order valence-corrected chi connectivity index (χ2v) is 3.88. The fourth-order valence-electron chi connectivity index (χ4n) is 2.38. The summed E-state index contributed by atoms with van der Waals surface area (Å²) in [6, 6.07) is -0.762. The predicted molar refractivity (Wildman–Crippen MR) is 40.8 cm³/mol. The molecule has 1 amide bonds. The number of alkyl halides is 3. The summed E-state index contributed by atoms with van der Waals surface area (Å²) < 4.78 is 36.2. The smallest absolute Gasteiger partial charge is 0.471 e. The molecule has 3 aliphatic rings. The summed E-state index contributed by atoms with van der Waals surface area (Å²) in [4.78, 5) is 22.2. The topological polar surface area (TPSA) is 57.6 Å². The molecule has 2 aliphatic heterocycles. The zero-order valence-electron chi connectivity index (χ0n) is 7.49. The van der Waals surface area contributed by atoms with Crippen molar-refractivity contribution in [2.45, 2.75) is 18.6 Å². The molecule has 3 rings (SSSR count). The predicted octanol–water partition coefficient (Wildman–Crippen LogP) is 0.480. The van der Waals surface area contributed by atoms with Crippen LogP contribution in [-0.2, 0) is 9.59 Å². The Morgan fingerprint density at radius 3 is 2.33 bits per heavy atom. The number of carboxylic acid groups (broad SMARTS) is 1. The molecule has 2 bridgehead atoms. The zero-order chi connectivity index (χ0) is 11.4. The van der Waals surface area contributed by atoms with Crippen molar-refractivity contribution in [3.8, 4) is 0 Å². The summed E-state index contributed by atoms with van der Waals surface area (Å²) in [6.07, 6.45) is -4.53. The number of amides is 1. The quantitative estimate of drug-likeness (QED) is 0.703. The molecule has 2 heterocycles. The van der Waals surface area contributed by atoms with E-state index < -0.39 is 30.0 Å². The highest BCUT2D eigenvalue weighted by molar-refractivity contribution is 5.85. The summed E-state index contributed by atoms with van der Waals surface area (Å²) in [5, 5.41) is 8.70. The van der Waals surface area contributed by atoms with Crippen molar-refractivity contribution in [2.75, 3.05) is 6.54 Å². The van der Waals surface area contributed by atoms with E-state index in [1.54, 1.807) is 0 Å². The van der Waals surface area contributed by atoms with Crippen LogP contribution < -0.4 is 0 Å². The van der Waals surface area contributed by atoms with E-state index in [2.05, 4.69) is 0 Å². The number of rotatable bonds is 1. The van der Waals surface area contributed by atoms with Crippen LogP contribution in [-0.4, -0.2) is 40.6 Å². The van der Waals surface area contributed by atoms with Crippen molar-refractivity contribution in [2.24, 2.45) is 11.8 Å². The van der Waals surface area contributed by atoms with Crippen LogP contribution in [0.3, 0.4) is 0 Å². The van der Waals surface area contributed by atoms with Crippen LogP contribution in [0.1, 0.15) is 6.42 Å². The van der Waals surface area contributed by atoms with Gasteiger partial charge in [0.15, 0.2) is 0 Å². The first-order chi connectivity index (χ1) is 6.82. The second kappa shape index (κ2) is 2.86. The summed E-state index contributed by atoms with van der Waals surface area (Å²) in [6.45, 7) is -0.0834. The van der Waals surface area contributed by atoms with Crippen molar-refractivity contribution in [1.29, 1.82) is 0 Å². The van der Waals surface area contributed by atoms with Gasteiger partial charge in [0.2, 0.25) is 0 Å². The first-order valence-corrected chi connectivity index (χ1v) is 4.43. The number of carbonyl (C=O) groups is 2. The van der Waals surface area contributed by atoms with Gasteiger partial charge in [-0.05, 0) is 12.3 Å². The van der Waals surface area contributed by atoms with E-state index in [4.69, 9.17) is 5.11 Å². The highest BCUT2D eigenvalue weighted by atomic mass is 19.4. The maximum absolute atomic E-state index is 12.1. The minimum absolute atomic E-state index is 0.0834. The third kappa shape index (κ3) is 1.37. The second-order valence-electron chi connectivity index (χ2n) is 3.88. The molecule has 0 spiro atoms. The fraction of sp³-hybridized carbons (Fsp3) is 0.750. The molecule has 4 nitrogen and oxygen atoms in total. The molecule has 1 saturated carbocycles. The standard InChI is InChI=1S/C8H8F3NO3/c9-8(10,11)7(15)12-2-3-1-4(12)5(3)6(13)14/h3-5H,1-2H2,(H,13,14). The van der Waals surface area contributed by atoms with Gasteiger partial charge in [0, 0.05) is 12.6 Å². The largest absolute Gasteiger partial charge is 0.481 e. The molecule has 3 atom stereocenters. The first-order valence-electron chi connectivity index (χ1n) is 4.43. The number of nitrogens with zero attached hydrogens (tertiary/aromatic N) is 1. The molecule has 15 heavy (non-hydrogen) atoms. The average molecular weight is 223 g/mol. The molecule has 3 unspecified atom stereocenters. The van der Waals surface area contributed by atoms with Crippen molar-refractivity contribution in [3.05, 3.63) is 0 Å². The number of halogens is 3. The Balaban J connectivity index is 2.11. The van der Waals surface area contributed by atoms with Crippen LogP contribution in [0, 0.1) is 11.8 Å². The minimum Gasteiger partial charge on any atom is -0.481 e. The van der Waals surface area contributed by atoms with Crippen LogP contribution >= 0.6 is 0 Å². The van der Waals surface area contributed by atoms with E-state index >= 15 is 0 Å². The van der Waals surface area contributed by atoms with Crippen LogP contribution in [0.5, 0.6) is 0 Å². The minimum atomic E-state index is -4.90. The van der Waals surface area contributed by atoms with Gasteiger partial charge in [-0.1, -0.05) is 0 Å². The third-order valence-electron chi connectivity index (χ3n) is 3.09. The van der Waals surface area contributed by atoms with Gasteiger partial charge in [0.05, 0.1) is 5.92 Å². The lowest BCUT2D eigenvalue weighted by Gasteiger charge is -2.33. The number of carbonyl (C=O) groups excluding carboxylic acids is 1. The van der Waals surface area contributed by atoms with E-state index in [1.165, 1.54) is 0 Å². The number of fused-ring (bicyclic) bond motifs is 1. The molecule has 0 aromatic carbocycles. The Hall–Kier alpha value is -1.27. The number of hydrogen-bond donors (Lipinski definition) is 1. The number of carboxylic acids is 1. The van der Waals surface area contributed by atoms with Crippen LogP contribution in [0.25, 0.3) is 0 Å². The molecule has 7 heteroatoms. The monoisotopic (exact) mass is 223 g/mol. The fourth-order valence-corrected chi connectivity index (χ4v) is 2.38. The van der Waals surface area contributed by atoms with E-state index in [0.717, 1.165) is 0 Å². The maximum atomic E-state index is 12.1. The van der Waals surface area contributed by atoms with Crippen LogP contribution in [0.4, 0.5) is 13.2 Å². The molecule has 3 fully saturated rings. The van der Waals surface area contributed by atoms with Crippen LogP contribution in [0.2, 0.25) is 0 Å². The van der Waals surface area contributed by atoms with E-state index in [9.17, 15) is 22.8 Å². The van der Waals surface area contributed by atoms with Crippen molar-refractivity contribution in [1.82, 2.24) is 4.90 Å². The lowest BCUT2D eigenvalue weighted by atomic mass is 9.74. The van der Waals surface area contributed by atoms with E-state index in [0.29, 0.717) is 11.3 Å². The highest BCUT2D eigenvalue weighted by Gasteiger charge is 2.60. The SMILES string of the molecule is O=C(O)C1C2CC1N(C(=O)C(F)(F)F)C2. The van der Waals surface area contributed by atoms with E-state index in [1.807, 2.05) is 0 Å². The van der Waals surface area contributed by atoms with Gasteiger partial charge in [-0.25, -0.2) is 0 Å². The van der Waals surface area contributed by atoms with Gasteiger partial charge >= 0.3 is 18.1 Å². The van der Waals surface area contributed by atoms with Crippen molar-refractivity contribution >= 4 is 11.9 Å². The van der Waals surface area contributed by atoms with Crippen molar-refractivity contribution in [3.63, 3.8) is 0 Å². The molecular formula is C8H8F3NO3. The maximum Gasteiger partial charge on any atom is 0.471 e. The summed E-state index contributed by atoms with van der Waals surface area (Å²) in [5.74, 6) is -4.15.